The van der Waals surface area contributed by atoms with Gasteiger partial charge in [0.25, 0.3) is 5.91 Å². The van der Waals surface area contributed by atoms with E-state index in [1.54, 1.807) is 6.08 Å². The van der Waals surface area contributed by atoms with Crippen molar-refractivity contribution < 1.29 is 9.59 Å². The Morgan fingerprint density at radius 3 is 2.64 bits per heavy atom. The minimum Gasteiger partial charge on any atom is -0.363 e. The lowest BCUT2D eigenvalue weighted by Crippen LogP contribution is -2.23. The van der Waals surface area contributed by atoms with Crippen LogP contribution in [0.2, 0.25) is 0 Å². The van der Waals surface area contributed by atoms with E-state index >= 15 is 0 Å². The smallest absolute Gasteiger partial charge is 0.289 e. The number of nitrogens with two attached hydrogens (primary N) is 1. The molecule has 0 unspecified atom stereocenters. The third kappa shape index (κ3) is 1.23. The number of rotatable bonds is 2. The summed E-state index contributed by atoms with van der Waals surface area (Å²) in [4.78, 5) is 22.1. The van der Waals surface area contributed by atoms with Gasteiger partial charge in [-0.2, -0.15) is 0 Å². The number of Topliss-reactive ketones (excluding diaryl/α,β-unsaturated/α-hetero) is 1. The highest BCUT2D eigenvalue weighted by Crippen LogP contribution is 2.27. The van der Waals surface area contributed by atoms with Crippen LogP contribution in [0.5, 0.6) is 0 Å². The van der Waals surface area contributed by atoms with E-state index in [4.69, 9.17) is 5.73 Å². The Balaban J connectivity index is 2.43. The van der Waals surface area contributed by atoms with E-state index in [1.165, 1.54) is 0 Å². The van der Waals surface area contributed by atoms with Gasteiger partial charge < -0.3 is 5.73 Å². The molecule has 1 aromatic rings. The summed E-state index contributed by atoms with van der Waals surface area (Å²) in [5.41, 5.74) is 7.28. The van der Waals surface area contributed by atoms with Crippen LogP contribution in [0.3, 0.4) is 0 Å². The van der Waals surface area contributed by atoms with Crippen molar-refractivity contribution in [3.63, 3.8) is 0 Å². The van der Waals surface area contributed by atoms with Crippen LogP contribution < -0.4 is 5.73 Å². The number of benzene rings is 1. The van der Waals surface area contributed by atoms with Crippen LogP contribution in [0.4, 0.5) is 0 Å². The molecule has 0 radical (unpaired) electrons. The molecule has 3 nitrogen and oxygen atoms in total. The van der Waals surface area contributed by atoms with Gasteiger partial charge in [-0.05, 0) is 17.5 Å². The summed E-state index contributed by atoms with van der Waals surface area (Å²) in [6.45, 7) is 0. The lowest BCUT2D eigenvalue weighted by atomic mass is 10.0. The number of allylic oxidation sites excluding steroid dienone is 1. The summed E-state index contributed by atoms with van der Waals surface area (Å²) in [5, 5.41) is 0. The van der Waals surface area contributed by atoms with Crippen molar-refractivity contribution in [3.8, 4) is 0 Å². The predicted octanol–water partition coefficient (Wildman–Crippen LogP) is 0.680. The summed E-state index contributed by atoms with van der Waals surface area (Å²) >= 11 is 0. The van der Waals surface area contributed by atoms with Crippen LogP contribution in [-0.2, 0) is 16.0 Å². The van der Waals surface area contributed by atoms with Crippen LogP contribution in [-0.4, -0.2) is 11.7 Å². The third-order valence-corrected chi connectivity index (χ3v) is 2.30. The van der Waals surface area contributed by atoms with Gasteiger partial charge in [-0.15, -0.1) is 0 Å². The molecule has 0 heterocycles. The molecule has 0 bridgehead atoms. The zero-order chi connectivity index (χ0) is 10.1. The van der Waals surface area contributed by atoms with Gasteiger partial charge in [0, 0.05) is 5.57 Å². The topological polar surface area (TPSA) is 60.2 Å². The largest absolute Gasteiger partial charge is 0.363 e. The number of ketones is 1. The summed E-state index contributed by atoms with van der Waals surface area (Å²) in [7, 11) is 0. The van der Waals surface area contributed by atoms with Crippen molar-refractivity contribution in [3.05, 3.63) is 41.5 Å². The van der Waals surface area contributed by atoms with E-state index in [0.717, 1.165) is 11.1 Å². The highest BCUT2D eigenvalue weighted by atomic mass is 16.2. The molecule has 0 spiro atoms. The molecule has 1 aliphatic rings. The highest BCUT2D eigenvalue weighted by molar-refractivity contribution is 6.53. The fraction of sp³-hybridized carbons (Fsp3) is 0.0909. The molecule has 1 aliphatic carbocycles. The van der Waals surface area contributed by atoms with Crippen LogP contribution in [0.25, 0.3) is 5.57 Å². The number of amides is 1. The van der Waals surface area contributed by atoms with Gasteiger partial charge in [0.1, 0.15) is 0 Å². The molecule has 14 heavy (non-hydrogen) atoms. The van der Waals surface area contributed by atoms with E-state index in [1.807, 2.05) is 24.3 Å². The molecule has 0 aromatic heterocycles. The maximum Gasteiger partial charge on any atom is 0.289 e. The molecule has 0 saturated heterocycles. The Labute approximate surface area is 81.2 Å². The fourth-order valence-electron chi connectivity index (χ4n) is 1.63. The second-order valence-corrected chi connectivity index (χ2v) is 3.17. The lowest BCUT2D eigenvalue weighted by Gasteiger charge is -2.01. The first kappa shape index (κ1) is 8.69. The van der Waals surface area contributed by atoms with Crippen LogP contribution >= 0.6 is 0 Å². The molecule has 2 rings (SSSR count). The van der Waals surface area contributed by atoms with Gasteiger partial charge in [0.15, 0.2) is 0 Å². The molecule has 1 aromatic carbocycles. The molecule has 70 valence electrons. The summed E-state index contributed by atoms with van der Waals surface area (Å²) < 4.78 is 0. The molecule has 3 heteroatoms. The number of carbonyl (C=O) groups excluding carboxylic acids is 2. The van der Waals surface area contributed by atoms with Crippen molar-refractivity contribution in [2.75, 3.05) is 0 Å². The van der Waals surface area contributed by atoms with E-state index in [9.17, 15) is 9.59 Å². The van der Waals surface area contributed by atoms with Crippen molar-refractivity contribution >= 4 is 17.3 Å². The molecule has 0 fully saturated rings. The van der Waals surface area contributed by atoms with Crippen LogP contribution in [0.1, 0.15) is 11.1 Å². The molecule has 0 atom stereocenters. The minimum absolute atomic E-state index is 0.438. The Bertz CT molecular complexity index is 446. The SMILES string of the molecule is NC(=O)C(=O)C1=CCc2ccccc21. The van der Waals surface area contributed by atoms with Gasteiger partial charge in [-0.25, -0.2) is 0 Å². The first-order chi connectivity index (χ1) is 6.70. The maximum atomic E-state index is 11.4. The number of primary amides is 1. The Morgan fingerprint density at radius 1 is 1.21 bits per heavy atom. The predicted molar refractivity (Wildman–Crippen MR) is 52.3 cm³/mol. The second kappa shape index (κ2) is 3.10. The standard InChI is InChI=1S/C11H9NO2/c12-11(14)10(13)9-6-5-7-3-1-2-4-8(7)9/h1-4,6H,5H2,(H2,12,14). The van der Waals surface area contributed by atoms with Gasteiger partial charge >= 0.3 is 0 Å². The van der Waals surface area contributed by atoms with Crippen molar-refractivity contribution in [1.29, 1.82) is 0 Å². The van der Waals surface area contributed by atoms with Crippen molar-refractivity contribution in [2.24, 2.45) is 5.73 Å². The average molecular weight is 187 g/mol. The maximum absolute atomic E-state index is 11.4. The normalized spacial score (nSPS) is 13.3. The monoisotopic (exact) mass is 187 g/mol. The van der Waals surface area contributed by atoms with Gasteiger partial charge in [0.05, 0.1) is 0 Å². The van der Waals surface area contributed by atoms with Gasteiger partial charge in [0.2, 0.25) is 5.78 Å². The second-order valence-electron chi connectivity index (χ2n) is 3.17. The lowest BCUT2D eigenvalue weighted by molar-refractivity contribution is -0.132. The van der Waals surface area contributed by atoms with E-state index in [0.29, 0.717) is 12.0 Å². The first-order valence-electron chi connectivity index (χ1n) is 4.32. The Hall–Kier alpha value is -1.90. The summed E-state index contributed by atoms with van der Waals surface area (Å²) in [6.07, 6.45) is 2.45. The molecular formula is C11H9NO2. The average Bonchev–Trinajstić information content (AvgIpc) is 2.60. The van der Waals surface area contributed by atoms with Gasteiger partial charge in [-0.1, -0.05) is 30.3 Å². The van der Waals surface area contributed by atoms with E-state index in [-0.39, 0.29) is 0 Å². The van der Waals surface area contributed by atoms with Crippen molar-refractivity contribution in [1.82, 2.24) is 0 Å². The first-order valence-corrected chi connectivity index (χ1v) is 4.32. The van der Waals surface area contributed by atoms with Crippen LogP contribution in [0, 0.1) is 0 Å². The Morgan fingerprint density at radius 2 is 1.93 bits per heavy atom. The number of fused-ring (bicyclic) bond motifs is 1. The molecule has 0 aliphatic heterocycles. The number of carbonyl (C=O) groups is 2. The molecule has 1 amide bonds. The fourth-order valence-corrected chi connectivity index (χ4v) is 1.63. The zero-order valence-electron chi connectivity index (χ0n) is 7.49. The minimum atomic E-state index is -0.895. The van der Waals surface area contributed by atoms with E-state index < -0.39 is 11.7 Å². The zero-order valence-corrected chi connectivity index (χ0v) is 7.49. The summed E-state index contributed by atoms with van der Waals surface area (Å²) in [5.74, 6) is -1.50. The number of hydrogen-bond donors (Lipinski definition) is 1. The van der Waals surface area contributed by atoms with Crippen molar-refractivity contribution in [2.45, 2.75) is 6.42 Å². The highest BCUT2D eigenvalue weighted by Gasteiger charge is 2.22. The Kier molecular flexibility index (Phi) is 1.93. The third-order valence-electron chi connectivity index (χ3n) is 2.30. The quantitative estimate of drug-likeness (QED) is 0.692. The number of hydrogen-bond acceptors (Lipinski definition) is 2. The molecule has 2 N–H and O–H groups in total. The molecular weight excluding hydrogens is 178 g/mol. The summed E-state index contributed by atoms with van der Waals surface area (Å²) in [6, 6.07) is 7.51. The van der Waals surface area contributed by atoms with E-state index in [2.05, 4.69) is 0 Å². The van der Waals surface area contributed by atoms with Crippen LogP contribution in [0.15, 0.2) is 30.3 Å². The van der Waals surface area contributed by atoms with Gasteiger partial charge in [-0.3, -0.25) is 9.59 Å². The molecule has 0 saturated carbocycles.